The van der Waals surface area contributed by atoms with Crippen LogP contribution in [0.25, 0.3) is 0 Å². The number of carbonyl (C=O) groups is 1. The van der Waals surface area contributed by atoms with Crippen LogP contribution in [0.4, 0.5) is 0 Å². The van der Waals surface area contributed by atoms with Crippen molar-refractivity contribution in [1.82, 2.24) is 0 Å². The lowest BCUT2D eigenvalue weighted by molar-refractivity contribution is -0.136. The Morgan fingerprint density at radius 3 is 2.19 bits per heavy atom. The number of aliphatic hydroxyl groups excluding tert-OH is 1. The first-order valence-corrected chi connectivity index (χ1v) is 13.8. The van der Waals surface area contributed by atoms with Crippen molar-refractivity contribution in [2.24, 2.45) is 0 Å². The summed E-state index contributed by atoms with van der Waals surface area (Å²) in [7, 11) is -0.401. The van der Waals surface area contributed by atoms with Crippen molar-refractivity contribution < 1.29 is 28.9 Å². The van der Waals surface area contributed by atoms with Crippen LogP contribution >= 0.6 is 0 Å². The zero-order valence-corrected chi connectivity index (χ0v) is 21.0. The number of hydrogen-bond acceptors (Lipinski definition) is 5. The van der Waals surface area contributed by atoms with Gasteiger partial charge in [0.1, 0.15) is 5.75 Å². The van der Waals surface area contributed by atoms with Crippen LogP contribution in [-0.2, 0) is 22.1 Å². The lowest BCUT2D eigenvalue weighted by Crippen LogP contribution is -2.45. The third-order valence-corrected chi connectivity index (χ3v) is 10.5. The third-order valence-electron chi connectivity index (χ3n) is 5.94. The molecule has 6 nitrogen and oxygen atoms in total. The maximum atomic E-state index is 10.8. The molecule has 0 radical (unpaired) electrons. The molecule has 0 aliphatic heterocycles. The third kappa shape index (κ3) is 7.36. The topological polar surface area (TPSA) is 85.2 Å². The van der Waals surface area contributed by atoms with Gasteiger partial charge in [-0.1, -0.05) is 39.0 Å². The lowest BCUT2D eigenvalue weighted by atomic mass is 10.1. The van der Waals surface area contributed by atoms with E-state index in [1.54, 1.807) is 13.2 Å². The molecule has 2 aromatic carbocycles. The second-order valence-electron chi connectivity index (χ2n) is 9.51. The molecular formula is C25H36O6Si. The summed E-state index contributed by atoms with van der Waals surface area (Å²) in [4.78, 5) is 10.8. The van der Waals surface area contributed by atoms with Crippen molar-refractivity contribution in [3.8, 4) is 17.2 Å². The van der Waals surface area contributed by atoms with Crippen LogP contribution < -0.4 is 9.47 Å². The van der Waals surface area contributed by atoms with Gasteiger partial charge in [0.2, 0.25) is 0 Å². The van der Waals surface area contributed by atoms with Gasteiger partial charge >= 0.3 is 5.97 Å². The molecule has 2 rings (SSSR count). The van der Waals surface area contributed by atoms with E-state index >= 15 is 0 Å². The van der Waals surface area contributed by atoms with Crippen molar-refractivity contribution in [2.45, 2.75) is 64.3 Å². The van der Waals surface area contributed by atoms with Crippen molar-refractivity contribution in [1.29, 1.82) is 0 Å². The highest BCUT2D eigenvalue weighted by Gasteiger charge is 2.39. The maximum Gasteiger partial charge on any atom is 0.303 e. The quantitative estimate of drug-likeness (QED) is 0.435. The van der Waals surface area contributed by atoms with Crippen LogP contribution in [0.15, 0.2) is 42.5 Å². The average Bonchev–Trinajstić information content (AvgIpc) is 2.72. The predicted octanol–water partition coefficient (Wildman–Crippen LogP) is 5.43. The van der Waals surface area contributed by atoms with Crippen LogP contribution in [0.1, 0.15) is 38.3 Å². The standard InChI is InChI=1S/C25H36O6Si/c1-25(2,3)32(5,6)31-21(17-26)15-18-7-11-20(12-8-18)30-23-16-19(10-14-24(27)28)9-13-22(23)29-4/h7-9,11-13,16,21,26H,10,14-15,17H2,1-6H3,(H,27,28). The minimum atomic E-state index is -1.97. The van der Waals surface area contributed by atoms with Gasteiger partial charge in [-0.05, 0) is 66.4 Å². The fourth-order valence-electron chi connectivity index (χ4n) is 3.03. The van der Waals surface area contributed by atoms with Crippen molar-refractivity contribution >= 4 is 14.3 Å². The molecule has 32 heavy (non-hydrogen) atoms. The van der Waals surface area contributed by atoms with E-state index in [0.29, 0.717) is 30.1 Å². The second kappa shape index (κ2) is 11.0. The van der Waals surface area contributed by atoms with E-state index in [-0.39, 0.29) is 24.2 Å². The van der Waals surface area contributed by atoms with E-state index in [9.17, 15) is 9.90 Å². The van der Waals surface area contributed by atoms with Crippen molar-refractivity contribution in [3.05, 3.63) is 53.6 Å². The highest BCUT2D eigenvalue weighted by Crippen LogP contribution is 2.38. The number of carboxylic acids is 1. The number of aliphatic carboxylic acids is 1. The molecule has 0 fully saturated rings. The van der Waals surface area contributed by atoms with Crippen LogP contribution in [0.2, 0.25) is 18.1 Å². The zero-order chi connectivity index (χ0) is 23.9. The monoisotopic (exact) mass is 460 g/mol. The SMILES string of the molecule is COc1ccc(CCC(=O)O)cc1Oc1ccc(CC(CO)O[Si](C)(C)C(C)(C)C)cc1. The Bertz CT molecular complexity index is 886. The summed E-state index contributed by atoms with van der Waals surface area (Å²) >= 11 is 0. The summed E-state index contributed by atoms with van der Waals surface area (Å²) in [6.07, 6.45) is 0.861. The number of ether oxygens (including phenoxy) is 2. The maximum absolute atomic E-state index is 10.8. The van der Waals surface area contributed by atoms with E-state index in [0.717, 1.165) is 11.1 Å². The number of aliphatic hydroxyl groups is 1. The largest absolute Gasteiger partial charge is 0.493 e. The molecule has 0 spiro atoms. The Balaban J connectivity index is 2.09. The molecule has 1 atom stereocenters. The molecule has 1 unspecified atom stereocenters. The highest BCUT2D eigenvalue weighted by atomic mass is 28.4. The summed E-state index contributed by atoms with van der Waals surface area (Å²) in [6.45, 7) is 10.9. The van der Waals surface area contributed by atoms with E-state index in [4.69, 9.17) is 19.0 Å². The summed E-state index contributed by atoms with van der Waals surface area (Å²) in [5, 5.41) is 18.8. The molecule has 0 saturated heterocycles. The average molecular weight is 461 g/mol. The van der Waals surface area contributed by atoms with Gasteiger partial charge < -0.3 is 24.1 Å². The van der Waals surface area contributed by atoms with Gasteiger partial charge in [0, 0.05) is 6.42 Å². The Hall–Kier alpha value is -2.35. The van der Waals surface area contributed by atoms with Gasteiger partial charge in [-0.25, -0.2) is 0 Å². The molecule has 0 heterocycles. The van der Waals surface area contributed by atoms with E-state index in [1.165, 1.54) is 0 Å². The number of hydrogen-bond donors (Lipinski definition) is 2. The number of aryl methyl sites for hydroxylation is 1. The first-order chi connectivity index (χ1) is 14.9. The number of methoxy groups -OCH3 is 1. The summed E-state index contributed by atoms with van der Waals surface area (Å²) in [6, 6.07) is 13.1. The Morgan fingerprint density at radius 2 is 1.66 bits per heavy atom. The normalized spacial score (nSPS) is 13.0. The molecule has 2 N–H and O–H groups in total. The smallest absolute Gasteiger partial charge is 0.303 e. The summed E-state index contributed by atoms with van der Waals surface area (Å²) < 4.78 is 17.8. The molecule has 176 valence electrons. The predicted molar refractivity (Wildman–Crippen MR) is 128 cm³/mol. The van der Waals surface area contributed by atoms with Gasteiger partial charge in [0.25, 0.3) is 0 Å². The zero-order valence-electron chi connectivity index (χ0n) is 20.0. The number of carboxylic acid groups (broad SMARTS) is 1. The highest BCUT2D eigenvalue weighted by molar-refractivity contribution is 6.74. The molecule has 7 heteroatoms. The summed E-state index contributed by atoms with van der Waals surface area (Å²) in [5.74, 6) is 0.930. The lowest BCUT2D eigenvalue weighted by Gasteiger charge is -2.39. The first-order valence-electron chi connectivity index (χ1n) is 10.9. The van der Waals surface area contributed by atoms with E-state index in [2.05, 4.69) is 33.9 Å². The molecule has 2 aromatic rings. The molecule has 0 bridgehead atoms. The molecule has 0 aromatic heterocycles. The van der Waals surface area contributed by atoms with E-state index < -0.39 is 14.3 Å². The van der Waals surface area contributed by atoms with Crippen LogP contribution in [0.3, 0.4) is 0 Å². The van der Waals surface area contributed by atoms with Gasteiger partial charge in [-0.3, -0.25) is 4.79 Å². The minimum Gasteiger partial charge on any atom is -0.493 e. The Morgan fingerprint density at radius 1 is 1.03 bits per heavy atom. The van der Waals surface area contributed by atoms with Gasteiger partial charge in [-0.15, -0.1) is 0 Å². The number of rotatable bonds is 11. The second-order valence-corrected chi connectivity index (χ2v) is 14.3. The fourth-order valence-corrected chi connectivity index (χ4v) is 4.37. The first kappa shape index (κ1) is 25.9. The van der Waals surface area contributed by atoms with E-state index in [1.807, 2.05) is 36.4 Å². The van der Waals surface area contributed by atoms with Crippen LogP contribution in [0.5, 0.6) is 17.2 Å². The molecular weight excluding hydrogens is 424 g/mol. The fraction of sp³-hybridized carbons (Fsp3) is 0.480. The minimum absolute atomic E-state index is 0.0227. The van der Waals surface area contributed by atoms with Gasteiger partial charge in [0.05, 0.1) is 19.8 Å². The summed E-state index contributed by atoms with van der Waals surface area (Å²) in [5.41, 5.74) is 1.92. The molecule has 0 saturated carbocycles. The van der Waals surface area contributed by atoms with Crippen LogP contribution in [-0.4, -0.2) is 44.3 Å². The Kier molecular flexibility index (Phi) is 8.89. The molecule has 0 amide bonds. The molecule has 0 aliphatic rings. The van der Waals surface area contributed by atoms with Gasteiger partial charge in [0.15, 0.2) is 19.8 Å². The van der Waals surface area contributed by atoms with Crippen molar-refractivity contribution in [3.63, 3.8) is 0 Å². The van der Waals surface area contributed by atoms with Crippen LogP contribution in [0, 0.1) is 0 Å². The van der Waals surface area contributed by atoms with Crippen molar-refractivity contribution in [2.75, 3.05) is 13.7 Å². The van der Waals surface area contributed by atoms with Gasteiger partial charge in [-0.2, -0.15) is 0 Å². The Labute approximate surface area is 192 Å². The number of benzene rings is 2. The molecule has 0 aliphatic carbocycles.